The number of carbonyl (C=O) groups excluding carboxylic acids is 2. The van der Waals surface area contributed by atoms with Gasteiger partial charge < -0.3 is 9.73 Å². The molecule has 1 fully saturated rings. The summed E-state index contributed by atoms with van der Waals surface area (Å²) in [5.74, 6) is -0.677. The molecule has 15 heavy (non-hydrogen) atoms. The van der Waals surface area contributed by atoms with Gasteiger partial charge in [0.1, 0.15) is 5.92 Å². The van der Waals surface area contributed by atoms with E-state index in [1.165, 1.54) is 6.26 Å². The molecule has 2 rings (SSSR count). The maximum Gasteiger partial charge on any atom is 0.231 e. The summed E-state index contributed by atoms with van der Waals surface area (Å²) >= 11 is 0. The topological polar surface area (TPSA) is 59.3 Å². The van der Waals surface area contributed by atoms with Gasteiger partial charge in [-0.05, 0) is 25.0 Å². The Hall–Kier alpha value is -1.58. The molecule has 0 aliphatic carbocycles. The van der Waals surface area contributed by atoms with E-state index in [1.807, 2.05) is 0 Å². The van der Waals surface area contributed by atoms with Gasteiger partial charge in [-0.15, -0.1) is 0 Å². The monoisotopic (exact) mass is 207 g/mol. The number of amides is 1. The summed E-state index contributed by atoms with van der Waals surface area (Å²) in [4.78, 5) is 23.4. The zero-order valence-electron chi connectivity index (χ0n) is 8.36. The molecule has 4 heteroatoms. The van der Waals surface area contributed by atoms with Crippen LogP contribution in [0.15, 0.2) is 22.8 Å². The van der Waals surface area contributed by atoms with Crippen LogP contribution < -0.4 is 5.32 Å². The highest BCUT2D eigenvalue weighted by atomic mass is 16.3. The van der Waals surface area contributed by atoms with E-state index in [0.29, 0.717) is 13.0 Å². The predicted octanol–water partition coefficient (Wildman–Crippen LogP) is 1.38. The van der Waals surface area contributed by atoms with Gasteiger partial charge in [-0.3, -0.25) is 9.59 Å². The lowest BCUT2D eigenvalue weighted by Gasteiger charge is -2.09. The van der Waals surface area contributed by atoms with Crippen molar-refractivity contribution < 1.29 is 14.0 Å². The number of nitrogens with one attached hydrogen (secondary N) is 1. The lowest BCUT2D eigenvalue weighted by molar-refractivity contribution is -0.123. The minimum Gasteiger partial charge on any atom is -0.461 e. The van der Waals surface area contributed by atoms with E-state index in [4.69, 9.17) is 4.42 Å². The highest BCUT2D eigenvalue weighted by Crippen LogP contribution is 2.18. The van der Waals surface area contributed by atoms with Crippen molar-refractivity contribution in [3.05, 3.63) is 24.2 Å². The summed E-state index contributed by atoms with van der Waals surface area (Å²) in [6.45, 7) is 0.667. The number of furan rings is 1. The van der Waals surface area contributed by atoms with Crippen molar-refractivity contribution in [1.82, 2.24) is 5.32 Å². The Morgan fingerprint density at radius 1 is 1.47 bits per heavy atom. The summed E-state index contributed by atoms with van der Waals surface area (Å²) in [5, 5.41) is 2.74. The standard InChI is InChI=1S/C11H13NO3/c13-10(9-5-3-7-15-9)8-4-1-2-6-12-11(8)14/h3,5,7-8H,1-2,4,6H2,(H,12,14). The molecule has 0 spiro atoms. The van der Waals surface area contributed by atoms with Gasteiger partial charge >= 0.3 is 0 Å². The summed E-state index contributed by atoms with van der Waals surface area (Å²) in [7, 11) is 0. The van der Waals surface area contributed by atoms with E-state index in [0.717, 1.165) is 12.8 Å². The van der Waals surface area contributed by atoms with Gasteiger partial charge in [-0.2, -0.15) is 0 Å². The molecular formula is C11H13NO3. The van der Waals surface area contributed by atoms with Crippen LogP contribution in [0.2, 0.25) is 0 Å². The largest absolute Gasteiger partial charge is 0.461 e. The maximum atomic E-state index is 11.9. The van der Waals surface area contributed by atoms with Crippen LogP contribution in [0.25, 0.3) is 0 Å². The van der Waals surface area contributed by atoms with Crippen LogP contribution in [0.3, 0.4) is 0 Å². The molecule has 0 radical (unpaired) electrons. The average Bonchev–Trinajstić information content (AvgIpc) is 2.68. The summed E-state index contributed by atoms with van der Waals surface area (Å²) in [6.07, 6.45) is 3.90. The van der Waals surface area contributed by atoms with E-state index in [9.17, 15) is 9.59 Å². The van der Waals surface area contributed by atoms with E-state index in [-0.39, 0.29) is 17.5 Å². The van der Waals surface area contributed by atoms with Crippen LogP contribution in [-0.2, 0) is 4.79 Å². The molecule has 1 aliphatic rings. The first-order valence-corrected chi connectivity index (χ1v) is 5.14. The lowest BCUT2D eigenvalue weighted by atomic mass is 9.96. The van der Waals surface area contributed by atoms with E-state index < -0.39 is 5.92 Å². The normalized spacial score (nSPS) is 21.9. The Morgan fingerprint density at radius 2 is 2.33 bits per heavy atom. The zero-order chi connectivity index (χ0) is 10.7. The van der Waals surface area contributed by atoms with Gasteiger partial charge in [0, 0.05) is 6.54 Å². The predicted molar refractivity (Wildman–Crippen MR) is 53.4 cm³/mol. The molecule has 2 heterocycles. The molecule has 1 aromatic heterocycles. The van der Waals surface area contributed by atoms with Crippen molar-refractivity contribution in [3.8, 4) is 0 Å². The third-order valence-corrected chi connectivity index (χ3v) is 2.62. The first-order chi connectivity index (χ1) is 7.29. The molecule has 1 atom stereocenters. The quantitative estimate of drug-likeness (QED) is 0.588. The Bertz CT molecular complexity index is 356. The van der Waals surface area contributed by atoms with Crippen LogP contribution in [0.1, 0.15) is 29.8 Å². The zero-order valence-corrected chi connectivity index (χ0v) is 8.36. The van der Waals surface area contributed by atoms with Gasteiger partial charge in [0.25, 0.3) is 0 Å². The Kier molecular flexibility index (Phi) is 2.85. The number of Topliss-reactive ketones (excluding diaryl/α,β-unsaturated/α-hetero) is 1. The SMILES string of the molecule is O=C1NCCCCC1C(=O)c1ccco1. The first kappa shape index (κ1) is 9.96. The van der Waals surface area contributed by atoms with Crippen LogP contribution >= 0.6 is 0 Å². The van der Waals surface area contributed by atoms with Crippen LogP contribution in [0, 0.1) is 5.92 Å². The number of hydrogen-bond donors (Lipinski definition) is 1. The van der Waals surface area contributed by atoms with Crippen LogP contribution in [0.4, 0.5) is 0 Å². The summed E-state index contributed by atoms with van der Waals surface area (Å²) in [5.41, 5.74) is 0. The minimum absolute atomic E-state index is 0.172. The summed E-state index contributed by atoms with van der Waals surface area (Å²) in [6, 6.07) is 3.25. The average molecular weight is 207 g/mol. The number of rotatable bonds is 2. The second kappa shape index (κ2) is 4.29. The first-order valence-electron chi connectivity index (χ1n) is 5.14. The van der Waals surface area contributed by atoms with Gasteiger partial charge in [-0.1, -0.05) is 6.42 Å². The van der Waals surface area contributed by atoms with Crippen molar-refractivity contribution in [2.45, 2.75) is 19.3 Å². The third kappa shape index (κ3) is 2.09. The van der Waals surface area contributed by atoms with Gasteiger partial charge in [0.2, 0.25) is 11.7 Å². The molecule has 4 nitrogen and oxygen atoms in total. The van der Waals surface area contributed by atoms with Gasteiger partial charge in [0.15, 0.2) is 5.76 Å². The lowest BCUT2D eigenvalue weighted by Crippen LogP contribution is -2.33. The number of ketones is 1. The van der Waals surface area contributed by atoms with Crippen molar-refractivity contribution in [2.24, 2.45) is 5.92 Å². The number of carbonyl (C=O) groups is 2. The van der Waals surface area contributed by atoms with Gasteiger partial charge in [-0.25, -0.2) is 0 Å². The molecule has 0 saturated carbocycles. The highest BCUT2D eigenvalue weighted by Gasteiger charge is 2.29. The van der Waals surface area contributed by atoms with Crippen molar-refractivity contribution >= 4 is 11.7 Å². The van der Waals surface area contributed by atoms with Crippen molar-refractivity contribution in [1.29, 1.82) is 0 Å². The molecule has 1 aromatic rings. The van der Waals surface area contributed by atoms with E-state index in [2.05, 4.69) is 5.32 Å². The fraction of sp³-hybridized carbons (Fsp3) is 0.455. The number of hydrogen-bond acceptors (Lipinski definition) is 3. The van der Waals surface area contributed by atoms with E-state index in [1.54, 1.807) is 12.1 Å². The van der Waals surface area contributed by atoms with E-state index >= 15 is 0 Å². The third-order valence-electron chi connectivity index (χ3n) is 2.62. The van der Waals surface area contributed by atoms with Crippen LogP contribution in [-0.4, -0.2) is 18.2 Å². The summed E-state index contributed by atoms with van der Waals surface area (Å²) < 4.78 is 5.01. The van der Waals surface area contributed by atoms with Crippen molar-refractivity contribution in [2.75, 3.05) is 6.54 Å². The Labute approximate surface area is 87.6 Å². The smallest absolute Gasteiger partial charge is 0.231 e. The van der Waals surface area contributed by atoms with Crippen LogP contribution in [0.5, 0.6) is 0 Å². The second-order valence-corrected chi connectivity index (χ2v) is 3.68. The molecule has 0 bridgehead atoms. The molecule has 1 N–H and O–H groups in total. The molecule has 80 valence electrons. The second-order valence-electron chi connectivity index (χ2n) is 3.68. The van der Waals surface area contributed by atoms with Gasteiger partial charge in [0.05, 0.1) is 6.26 Å². The molecule has 1 saturated heterocycles. The molecule has 1 aliphatic heterocycles. The molecule has 1 amide bonds. The molecule has 1 unspecified atom stereocenters. The van der Waals surface area contributed by atoms with Crippen molar-refractivity contribution in [3.63, 3.8) is 0 Å². The Balaban J connectivity index is 2.14. The minimum atomic E-state index is -0.571. The fourth-order valence-corrected chi connectivity index (χ4v) is 1.78. The Morgan fingerprint density at radius 3 is 3.07 bits per heavy atom. The molecular weight excluding hydrogens is 194 g/mol. The maximum absolute atomic E-state index is 11.9. The highest BCUT2D eigenvalue weighted by molar-refractivity contribution is 6.08. The fourth-order valence-electron chi connectivity index (χ4n) is 1.78. The molecule has 0 aromatic carbocycles.